The molecule has 0 saturated heterocycles. The van der Waals surface area contributed by atoms with Crippen LogP contribution in [-0.2, 0) is 9.53 Å². The number of ether oxygens (including phenoxy) is 1. The number of hydrogen-bond donors (Lipinski definition) is 1. The van der Waals surface area contributed by atoms with Crippen molar-refractivity contribution in [2.75, 3.05) is 12.4 Å². The van der Waals surface area contributed by atoms with Gasteiger partial charge in [-0.1, -0.05) is 18.3 Å². The molecule has 1 aromatic heterocycles. The Morgan fingerprint density at radius 1 is 1.42 bits per heavy atom. The molecule has 1 N–H and O–H groups in total. The van der Waals surface area contributed by atoms with Gasteiger partial charge in [0.05, 0.1) is 22.9 Å². The van der Waals surface area contributed by atoms with Gasteiger partial charge in [-0.05, 0) is 24.6 Å². The maximum atomic E-state index is 11.5. The van der Waals surface area contributed by atoms with Gasteiger partial charge in [0.25, 0.3) is 0 Å². The zero-order valence-corrected chi connectivity index (χ0v) is 11.5. The van der Waals surface area contributed by atoms with Gasteiger partial charge in [0, 0.05) is 6.42 Å². The molecule has 0 aliphatic heterocycles. The van der Waals surface area contributed by atoms with Gasteiger partial charge in [0.15, 0.2) is 5.13 Å². The van der Waals surface area contributed by atoms with E-state index >= 15 is 0 Å². The number of carbonyl (C=O) groups excluding carboxylic acids is 2. The van der Waals surface area contributed by atoms with Crippen molar-refractivity contribution in [1.29, 1.82) is 0 Å². The van der Waals surface area contributed by atoms with Crippen molar-refractivity contribution in [1.82, 2.24) is 4.98 Å². The topological polar surface area (TPSA) is 68.3 Å². The third-order valence-electron chi connectivity index (χ3n) is 2.53. The molecule has 0 saturated carbocycles. The van der Waals surface area contributed by atoms with Crippen molar-refractivity contribution in [2.24, 2.45) is 0 Å². The highest BCUT2D eigenvalue weighted by Gasteiger charge is 2.10. The first-order chi connectivity index (χ1) is 9.13. The van der Waals surface area contributed by atoms with Crippen molar-refractivity contribution < 1.29 is 14.3 Å². The van der Waals surface area contributed by atoms with Crippen molar-refractivity contribution >= 4 is 38.6 Å². The Kier molecular flexibility index (Phi) is 4.11. The van der Waals surface area contributed by atoms with Crippen LogP contribution in [0.25, 0.3) is 10.2 Å². The number of anilines is 1. The molecule has 19 heavy (non-hydrogen) atoms. The van der Waals surface area contributed by atoms with Gasteiger partial charge in [-0.3, -0.25) is 4.79 Å². The van der Waals surface area contributed by atoms with Gasteiger partial charge in [-0.15, -0.1) is 0 Å². The van der Waals surface area contributed by atoms with Crippen LogP contribution >= 0.6 is 11.3 Å². The van der Waals surface area contributed by atoms with E-state index in [1.165, 1.54) is 18.4 Å². The number of amides is 1. The van der Waals surface area contributed by atoms with E-state index in [1.807, 2.05) is 6.92 Å². The number of rotatable bonds is 4. The Labute approximate surface area is 114 Å². The predicted molar refractivity (Wildman–Crippen MR) is 74.5 cm³/mol. The molecule has 0 unspecified atom stereocenters. The monoisotopic (exact) mass is 278 g/mol. The molecule has 0 aliphatic carbocycles. The summed E-state index contributed by atoms with van der Waals surface area (Å²) in [4.78, 5) is 27.2. The summed E-state index contributed by atoms with van der Waals surface area (Å²) in [6.45, 7) is 1.95. The van der Waals surface area contributed by atoms with Gasteiger partial charge in [0.2, 0.25) is 5.91 Å². The third-order valence-corrected chi connectivity index (χ3v) is 3.47. The number of benzene rings is 1. The molecule has 1 aromatic carbocycles. The standard InChI is InChI=1S/C13H14N2O3S/c1-3-4-11(16)15-13-14-9-6-5-8(12(17)18-2)7-10(9)19-13/h5-7H,3-4H2,1-2H3,(H,14,15,16). The molecular formula is C13H14N2O3S. The number of esters is 1. The first kappa shape index (κ1) is 13.5. The van der Waals surface area contributed by atoms with E-state index in [2.05, 4.69) is 15.0 Å². The van der Waals surface area contributed by atoms with Gasteiger partial charge in [0.1, 0.15) is 0 Å². The number of hydrogen-bond acceptors (Lipinski definition) is 5. The summed E-state index contributed by atoms with van der Waals surface area (Å²) >= 11 is 1.34. The largest absolute Gasteiger partial charge is 0.465 e. The molecule has 0 aliphatic rings. The highest BCUT2D eigenvalue weighted by Crippen LogP contribution is 2.27. The summed E-state index contributed by atoms with van der Waals surface area (Å²) in [5.74, 6) is -0.429. The number of nitrogens with one attached hydrogen (secondary N) is 1. The van der Waals surface area contributed by atoms with Crippen LogP contribution in [0.4, 0.5) is 5.13 Å². The zero-order valence-electron chi connectivity index (χ0n) is 10.7. The molecule has 6 heteroatoms. The maximum Gasteiger partial charge on any atom is 0.337 e. The molecule has 0 spiro atoms. The molecule has 1 heterocycles. The Bertz CT molecular complexity index is 621. The summed E-state index contributed by atoms with van der Waals surface area (Å²) in [7, 11) is 1.34. The quantitative estimate of drug-likeness (QED) is 0.873. The van der Waals surface area contributed by atoms with E-state index < -0.39 is 0 Å². The summed E-state index contributed by atoms with van der Waals surface area (Å²) in [6, 6.07) is 5.12. The summed E-state index contributed by atoms with van der Waals surface area (Å²) in [5.41, 5.74) is 1.23. The molecule has 0 bridgehead atoms. The summed E-state index contributed by atoms with van der Waals surface area (Å²) in [6.07, 6.45) is 1.27. The van der Waals surface area contributed by atoms with Gasteiger partial charge in [-0.25, -0.2) is 9.78 Å². The highest BCUT2D eigenvalue weighted by atomic mass is 32.1. The second-order valence-electron chi connectivity index (χ2n) is 3.99. The second kappa shape index (κ2) is 5.79. The number of methoxy groups -OCH3 is 1. The normalized spacial score (nSPS) is 10.4. The lowest BCUT2D eigenvalue weighted by atomic mass is 10.2. The maximum absolute atomic E-state index is 11.5. The number of carbonyl (C=O) groups is 2. The molecule has 0 fully saturated rings. The molecule has 1 amide bonds. The Hall–Kier alpha value is -1.95. The zero-order chi connectivity index (χ0) is 13.8. The highest BCUT2D eigenvalue weighted by molar-refractivity contribution is 7.22. The minimum absolute atomic E-state index is 0.0465. The van der Waals surface area contributed by atoms with Crippen molar-refractivity contribution in [3.05, 3.63) is 23.8 Å². The molecule has 100 valence electrons. The van der Waals surface area contributed by atoms with Crippen LogP contribution < -0.4 is 5.32 Å². The number of aromatic nitrogens is 1. The van der Waals surface area contributed by atoms with Crippen LogP contribution in [0.5, 0.6) is 0 Å². The van der Waals surface area contributed by atoms with E-state index in [0.717, 1.165) is 16.6 Å². The van der Waals surface area contributed by atoms with Crippen molar-refractivity contribution in [3.8, 4) is 0 Å². The summed E-state index contributed by atoms with van der Waals surface area (Å²) < 4.78 is 5.51. The van der Waals surface area contributed by atoms with E-state index in [1.54, 1.807) is 18.2 Å². The molecule has 2 aromatic rings. The second-order valence-corrected chi connectivity index (χ2v) is 5.02. The van der Waals surface area contributed by atoms with Gasteiger partial charge in [-0.2, -0.15) is 0 Å². The van der Waals surface area contributed by atoms with Crippen LogP contribution in [0, 0.1) is 0 Å². The van der Waals surface area contributed by atoms with Crippen molar-refractivity contribution in [2.45, 2.75) is 19.8 Å². The molecule has 5 nitrogen and oxygen atoms in total. The SMILES string of the molecule is CCCC(=O)Nc1nc2ccc(C(=O)OC)cc2s1. The Morgan fingerprint density at radius 3 is 2.89 bits per heavy atom. The fraction of sp³-hybridized carbons (Fsp3) is 0.308. The van der Waals surface area contributed by atoms with E-state index in [4.69, 9.17) is 0 Å². The molecular weight excluding hydrogens is 264 g/mol. The Balaban J connectivity index is 2.25. The van der Waals surface area contributed by atoms with Crippen LogP contribution in [-0.4, -0.2) is 24.0 Å². The number of nitrogens with zero attached hydrogens (tertiary/aromatic N) is 1. The minimum Gasteiger partial charge on any atom is -0.465 e. The van der Waals surface area contributed by atoms with E-state index in [9.17, 15) is 9.59 Å². The lowest BCUT2D eigenvalue weighted by molar-refractivity contribution is -0.116. The lowest BCUT2D eigenvalue weighted by Crippen LogP contribution is -2.09. The van der Waals surface area contributed by atoms with Crippen LogP contribution in [0.3, 0.4) is 0 Å². The minimum atomic E-state index is -0.383. The molecule has 0 radical (unpaired) electrons. The predicted octanol–water partition coefficient (Wildman–Crippen LogP) is 2.82. The number of thiazole rings is 1. The molecule has 0 atom stereocenters. The van der Waals surface area contributed by atoms with Crippen molar-refractivity contribution in [3.63, 3.8) is 0 Å². The van der Waals surface area contributed by atoms with Gasteiger partial charge < -0.3 is 10.1 Å². The first-order valence-electron chi connectivity index (χ1n) is 5.92. The van der Waals surface area contributed by atoms with E-state index in [-0.39, 0.29) is 11.9 Å². The smallest absolute Gasteiger partial charge is 0.337 e. The van der Waals surface area contributed by atoms with Crippen LogP contribution in [0.2, 0.25) is 0 Å². The number of fused-ring (bicyclic) bond motifs is 1. The molecule has 2 rings (SSSR count). The Morgan fingerprint density at radius 2 is 2.21 bits per heavy atom. The summed E-state index contributed by atoms with van der Waals surface area (Å²) in [5, 5.41) is 3.30. The van der Waals surface area contributed by atoms with Gasteiger partial charge >= 0.3 is 5.97 Å². The average molecular weight is 278 g/mol. The van der Waals surface area contributed by atoms with Crippen LogP contribution in [0.1, 0.15) is 30.1 Å². The average Bonchev–Trinajstić information content (AvgIpc) is 2.78. The third kappa shape index (κ3) is 3.08. The fourth-order valence-corrected chi connectivity index (χ4v) is 2.55. The van der Waals surface area contributed by atoms with Crippen LogP contribution in [0.15, 0.2) is 18.2 Å². The first-order valence-corrected chi connectivity index (χ1v) is 6.74. The lowest BCUT2D eigenvalue weighted by Gasteiger charge is -1.97. The van der Waals surface area contributed by atoms with E-state index in [0.29, 0.717) is 17.1 Å². The fourth-order valence-electron chi connectivity index (χ4n) is 1.63.